The zero-order chi connectivity index (χ0) is 15.2. The van der Waals surface area contributed by atoms with E-state index in [4.69, 9.17) is 5.73 Å². The number of para-hydroxylation sites is 1. The summed E-state index contributed by atoms with van der Waals surface area (Å²) in [6.45, 7) is 2.68. The normalized spacial score (nSPS) is 10.6. The van der Waals surface area contributed by atoms with Crippen LogP contribution in [0.25, 0.3) is 0 Å². The third-order valence-corrected chi connectivity index (χ3v) is 4.54. The van der Waals surface area contributed by atoms with E-state index in [0.717, 1.165) is 22.7 Å². The van der Waals surface area contributed by atoms with E-state index in [-0.39, 0.29) is 5.91 Å². The van der Waals surface area contributed by atoms with Gasteiger partial charge in [-0.2, -0.15) is 0 Å². The van der Waals surface area contributed by atoms with Crippen molar-refractivity contribution in [3.63, 3.8) is 0 Å². The van der Waals surface area contributed by atoms with E-state index >= 15 is 0 Å². The van der Waals surface area contributed by atoms with Gasteiger partial charge in [0.15, 0.2) is 0 Å². The van der Waals surface area contributed by atoms with Gasteiger partial charge in [0.25, 0.3) is 0 Å². The number of nitrogens with zero attached hydrogens (tertiary/aromatic N) is 2. The molecule has 112 valence electrons. The van der Waals surface area contributed by atoms with Crippen LogP contribution >= 0.6 is 11.3 Å². The summed E-state index contributed by atoms with van der Waals surface area (Å²) in [5.41, 5.74) is 7.67. The standard InChI is InChI=1S/C16H21N3OS/c1-3-13-10-18-15(21-13)11-19(2)16(20)9-8-12-6-4-5-7-14(12)17/h4-7,10H,3,8-9,11,17H2,1-2H3. The number of carbonyl (C=O) groups is 1. The predicted molar refractivity (Wildman–Crippen MR) is 87.1 cm³/mol. The van der Waals surface area contributed by atoms with Gasteiger partial charge in [-0.3, -0.25) is 4.79 Å². The lowest BCUT2D eigenvalue weighted by Gasteiger charge is -2.16. The number of hydrogen-bond acceptors (Lipinski definition) is 4. The summed E-state index contributed by atoms with van der Waals surface area (Å²) in [5, 5.41) is 0.988. The molecular weight excluding hydrogens is 282 g/mol. The summed E-state index contributed by atoms with van der Waals surface area (Å²) >= 11 is 1.67. The maximum Gasteiger partial charge on any atom is 0.223 e. The van der Waals surface area contributed by atoms with Gasteiger partial charge < -0.3 is 10.6 Å². The van der Waals surface area contributed by atoms with Crippen molar-refractivity contribution in [3.8, 4) is 0 Å². The molecule has 0 radical (unpaired) electrons. The molecule has 0 aliphatic carbocycles. The third kappa shape index (κ3) is 4.29. The number of nitrogen functional groups attached to an aromatic ring is 1. The number of benzene rings is 1. The molecule has 1 aromatic carbocycles. The molecule has 0 saturated carbocycles. The molecule has 1 heterocycles. The minimum Gasteiger partial charge on any atom is -0.399 e. The monoisotopic (exact) mass is 303 g/mol. The fraction of sp³-hybridized carbons (Fsp3) is 0.375. The molecule has 0 spiro atoms. The van der Waals surface area contributed by atoms with E-state index < -0.39 is 0 Å². The van der Waals surface area contributed by atoms with Crippen LogP contribution < -0.4 is 5.73 Å². The van der Waals surface area contributed by atoms with E-state index in [0.29, 0.717) is 19.4 Å². The van der Waals surface area contributed by atoms with Gasteiger partial charge in [0.2, 0.25) is 5.91 Å². The molecule has 1 aromatic heterocycles. The Hall–Kier alpha value is -1.88. The van der Waals surface area contributed by atoms with Crippen LogP contribution in [-0.4, -0.2) is 22.8 Å². The van der Waals surface area contributed by atoms with Crippen LogP contribution in [0.2, 0.25) is 0 Å². The number of carbonyl (C=O) groups excluding carboxylic acids is 1. The van der Waals surface area contributed by atoms with Gasteiger partial charge in [-0.15, -0.1) is 11.3 Å². The maximum atomic E-state index is 12.2. The molecular formula is C16H21N3OS. The first-order chi connectivity index (χ1) is 10.1. The first-order valence-corrected chi connectivity index (χ1v) is 7.92. The predicted octanol–water partition coefficient (Wildman–Crippen LogP) is 2.88. The summed E-state index contributed by atoms with van der Waals surface area (Å²) in [5.74, 6) is 0.117. The second-order valence-electron chi connectivity index (χ2n) is 5.02. The highest BCUT2D eigenvalue weighted by molar-refractivity contribution is 7.11. The first kappa shape index (κ1) is 15.5. The van der Waals surface area contributed by atoms with E-state index in [9.17, 15) is 4.79 Å². The summed E-state index contributed by atoms with van der Waals surface area (Å²) < 4.78 is 0. The summed E-state index contributed by atoms with van der Waals surface area (Å²) in [6.07, 6.45) is 4.02. The number of thiazole rings is 1. The van der Waals surface area contributed by atoms with Crippen LogP contribution in [0.1, 0.15) is 28.8 Å². The second kappa shape index (κ2) is 7.22. The van der Waals surface area contributed by atoms with Crippen molar-refractivity contribution in [1.29, 1.82) is 0 Å². The van der Waals surface area contributed by atoms with Crippen LogP contribution in [0.5, 0.6) is 0 Å². The number of nitrogens with two attached hydrogens (primary N) is 1. The van der Waals surface area contributed by atoms with E-state index in [1.807, 2.05) is 37.5 Å². The number of anilines is 1. The van der Waals surface area contributed by atoms with Gasteiger partial charge in [-0.1, -0.05) is 25.1 Å². The van der Waals surface area contributed by atoms with E-state index in [1.54, 1.807) is 16.2 Å². The van der Waals surface area contributed by atoms with Crippen molar-refractivity contribution < 1.29 is 4.79 Å². The smallest absolute Gasteiger partial charge is 0.223 e. The summed E-state index contributed by atoms with van der Waals surface area (Å²) in [4.78, 5) is 19.5. The van der Waals surface area contributed by atoms with Crippen LogP contribution in [0.4, 0.5) is 5.69 Å². The zero-order valence-corrected chi connectivity index (χ0v) is 13.3. The van der Waals surface area contributed by atoms with Gasteiger partial charge in [0.05, 0.1) is 6.54 Å². The van der Waals surface area contributed by atoms with Gasteiger partial charge >= 0.3 is 0 Å². The highest BCUT2D eigenvalue weighted by Crippen LogP contribution is 2.16. The minimum atomic E-state index is 0.117. The molecule has 0 aliphatic rings. The van der Waals surface area contributed by atoms with Crippen LogP contribution in [-0.2, 0) is 24.2 Å². The van der Waals surface area contributed by atoms with Crippen LogP contribution in [0.3, 0.4) is 0 Å². The SMILES string of the molecule is CCc1cnc(CN(C)C(=O)CCc2ccccc2N)s1. The average Bonchev–Trinajstić information content (AvgIpc) is 2.93. The van der Waals surface area contributed by atoms with Crippen molar-refractivity contribution in [2.45, 2.75) is 32.7 Å². The van der Waals surface area contributed by atoms with Crippen molar-refractivity contribution in [1.82, 2.24) is 9.88 Å². The Morgan fingerprint density at radius 3 is 2.81 bits per heavy atom. The average molecular weight is 303 g/mol. The van der Waals surface area contributed by atoms with Crippen molar-refractivity contribution in [2.24, 2.45) is 0 Å². The maximum absolute atomic E-state index is 12.2. The van der Waals surface area contributed by atoms with Gasteiger partial charge in [0.1, 0.15) is 5.01 Å². The summed E-state index contributed by atoms with van der Waals surface area (Å²) in [7, 11) is 1.82. The Kier molecular flexibility index (Phi) is 5.33. The largest absolute Gasteiger partial charge is 0.399 e. The Bertz CT molecular complexity index is 609. The number of hydrogen-bond donors (Lipinski definition) is 1. The quantitative estimate of drug-likeness (QED) is 0.835. The Balaban J connectivity index is 1.86. The van der Waals surface area contributed by atoms with Crippen molar-refractivity contribution >= 4 is 22.9 Å². The van der Waals surface area contributed by atoms with Crippen molar-refractivity contribution in [2.75, 3.05) is 12.8 Å². The Morgan fingerprint density at radius 1 is 1.38 bits per heavy atom. The fourth-order valence-electron chi connectivity index (χ4n) is 2.07. The molecule has 2 rings (SSSR count). The lowest BCUT2D eigenvalue weighted by Crippen LogP contribution is -2.26. The molecule has 0 fully saturated rings. The minimum absolute atomic E-state index is 0.117. The molecule has 4 nitrogen and oxygen atoms in total. The molecule has 0 saturated heterocycles. The molecule has 0 unspecified atom stereocenters. The molecule has 2 N–H and O–H groups in total. The summed E-state index contributed by atoms with van der Waals surface area (Å²) in [6, 6.07) is 7.69. The highest BCUT2D eigenvalue weighted by atomic mass is 32.1. The first-order valence-electron chi connectivity index (χ1n) is 7.11. The molecule has 5 heteroatoms. The van der Waals surface area contributed by atoms with Gasteiger partial charge in [0, 0.05) is 30.2 Å². The fourth-order valence-corrected chi connectivity index (χ4v) is 2.99. The topological polar surface area (TPSA) is 59.2 Å². The molecule has 21 heavy (non-hydrogen) atoms. The van der Waals surface area contributed by atoms with Gasteiger partial charge in [-0.05, 0) is 24.5 Å². The van der Waals surface area contributed by atoms with Crippen molar-refractivity contribution in [3.05, 3.63) is 45.9 Å². The molecule has 0 atom stereocenters. The van der Waals surface area contributed by atoms with Crippen LogP contribution in [0, 0.1) is 0 Å². The molecule has 0 bridgehead atoms. The van der Waals surface area contributed by atoms with Crippen LogP contribution in [0.15, 0.2) is 30.5 Å². The number of aryl methyl sites for hydroxylation is 2. The number of amides is 1. The third-order valence-electron chi connectivity index (χ3n) is 3.41. The molecule has 0 aliphatic heterocycles. The second-order valence-corrected chi connectivity index (χ2v) is 6.22. The van der Waals surface area contributed by atoms with E-state index in [1.165, 1.54) is 4.88 Å². The lowest BCUT2D eigenvalue weighted by molar-refractivity contribution is -0.130. The zero-order valence-electron chi connectivity index (χ0n) is 12.5. The number of rotatable bonds is 6. The molecule has 2 aromatic rings. The van der Waals surface area contributed by atoms with Gasteiger partial charge in [-0.25, -0.2) is 4.98 Å². The van der Waals surface area contributed by atoms with E-state index in [2.05, 4.69) is 11.9 Å². The highest BCUT2D eigenvalue weighted by Gasteiger charge is 2.12. The Morgan fingerprint density at radius 2 is 2.14 bits per heavy atom. The Labute approximate surface area is 129 Å². The number of aromatic nitrogens is 1. The molecule has 1 amide bonds. The lowest BCUT2D eigenvalue weighted by atomic mass is 10.1.